The van der Waals surface area contributed by atoms with Gasteiger partial charge < -0.3 is 10.2 Å². The summed E-state index contributed by atoms with van der Waals surface area (Å²) in [7, 11) is 0. The van der Waals surface area contributed by atoms with Crippen molar-refractivity contribution in [2.75, 3.05) is 0 Å². The van der Waals surface area contributed by atoms with Gasteiger partial charge in [0.05, 0.1) is 11.1 Å². The Hall–Kier alpha value is -4.08. The van der Waals surface area contributed by atoms with E-state index >= 15 is 0 Å². The molecule has 46 heavy (non-hydrogen) atoms. The van der Waals surface area contributed by atoms with Gasteiger partial charge in [-0.3, -0.25) is 40.9 Å². The molecule has 0 saturated heterocycles. The number of hydrazine groups is 2. The van der Waals surface area contributed by atoms with Crippen molar-refractivity contribution in [3.8, 4) is 11.5 Å². The highest BCUT2D eigenvalue weighted by Gasteiger charge is 2.22. The highest BCUT2D eigenvalue weighted by atomic mass is 16.3. The Kier molecular flexibility index (Phi) is 17.9. The van der Waals surface area contributed by atoms with Crippen LogP contribution in [0.4, 0.5) is 0 Å². The van der Waals surface area contributed by atoms with E-state index in [-0.39, 0.29) is 35.0 Å². The maximum absolute atomic E-state index is 13.2. The molecular formula is C36H54N4O6. The van der Waals surface area contributed by atoms with Gasteiger partial charge in [-0.25, -0.2) is 0 Å². The summed E-state index contributed by atoms with van der Waals surface area (Å²) in [5.74, 6) is -2.62. The number of phenols is 2. The van der Waals surface area contributed by atoms with E-state index in [0.29, 0.717) is 32.1 Å². The van der Waals surface area contributed by atoms with E-state index in [9.17, 15) is 29.4 Å². The average molecular weight is 639 g/mol. The molecule has 10 nitrogen and oxygen atoms in total. The van der Waals surface area contributed by atoms with Crippen LogP contribution in [0.3, 0.4) is 0 Å². The third-order valence-corrected chi connectivity index (χ3v) is 8.16. The lowest BCUT2D eigenvalue weighted by Crippen LogP contribution is -2.45. The third-order valence-electron chi connectivity index (χ3n) is 8.16. The van der Waals surface area contributed by atoms with Crippen molar-refractivity contribution in [2.45, 2.75) is 124 Å². The van der Waals surface area contributed by atoms with Gasteiger partial charge in [-0.15, -0.1) is 0 Å². The Bertz CT molecular complexity index is 1270. The minimum Gasteiger partial charge on any atom is -0.507 e. The average Bonchev–Trinajstić information content (AvgIpc) is 3.04. The summed E-state index contributed by atoms with van der Waals surface area (Å²) in [6, 6.07) is 9.92. The molecule has 0 fully saturated rings. The molecule has 0 aromatic heterocycles. The lowest BCUT2D eigenvalue weighted by atomic mass is 9.94. The Labute approximate surface area is 274 Å². The molecule has 2 aromatic rings. The molecule has 0 bridgehead atoms. The van der Waals surface area contributed by atoms with Gasteiger partial charge in [-0.2, -0.15) is 0 Å². The van der Waals surface area contributed by atoms with Crippen molar-refractivity contribution in [2.24, 2.45) is 5.92 Å². The molecular weight excluding hydrogens is 584 g/mol. The molecule has 10 heteroatoms. The predicted molar refractivity (Wildman–Crippen MR) is 180 cm³/mol. The number of hydrogen-bond acceptors (Lipinski definition) is 6. The summed E-state index contributed by atoms with van der Waals surface area (Å²) in [5.41, 5.74) is 11.6. The Morgan fingerprint density at radius 2 is 1.07 bits per heavy atom. The number of carbonyl (C=O) groups is 4. The van der Waals surface area contributed by atoms with E-state index in [0.717, 1.165) is 75.3 Å². The van der Waals surface area contributed by atoms with Crippen LogP contribution in [-0.4, -0.2) is 33.8 Å². The normalized spacial score (nSPS) is 11.5. The molecule has 2 aromatic carbocycles. The largest absolute Gasteiger partial charge is 0.507 e. The number of nitrogens with one attached hydrogen (secondary N) is 4. The van der Waals surface area contributed by atoms with Gasteiger partial charge in [0.2, 0.25) is 11.8 Å². The Balaban J connectivity index is 1.93. The minimum atomic E-state index is -0.583. The van der Waals surface area contributed by atoms with Crippen LogP contribution in [0.1, 0.15) is 143 Å². The van der Waals surface area contributed by atoms with E-state index in [1.807, 2.05) is 6.07 Å². The first-order chi connectivity index (χ1) is 22.2. The van der Waals surface area contributed by atoms with Crippen LogP contribution in [0.5, 0.6) is 11.5 Å². The number of aryl methyl sites for hydroxylation is 2. The van der Waals surface area contributed by atoms with Crippen LogP contribution in [0.2, 0.25) is 0 Å². The second-order valence-electron chi connectivity index (χ2n) is 11.9. The van der Waals surface area contributed by atoms with Gasteiger partial charge in [-0.05, 0) is 68.2 Å². The molecule has 2 rings (SSSR count). The molecule has 0 saturated carbocycles. The highest BCUT2D eigenvalue weighted by molar-refractivity contribution is 6.00. The first-order valence-corrected chi connectivity index (χ1v) is 17.0. The molecule has 0 aliphatic rings. The number of rotatable bonds is 20. The van der Waals surface area contributed by atoms with Crippen LogP contribution in [-0.2, 0) is 22.4 Å². The maximum Gasteiger partial charge on any atom is 0.273 e. The fourth-order valence-corrected chi connectivity index (χ4v) is 5.51. The Morgan fingerprint density at radius 1 is 0.587 bits per heavy atom. The van der Waals surface area contributed by atoms with Crippen molar-refractivity contribution < 1.29 is 29.4 Å². The minimum absolute atomic E-state index is 0.0779. The zero-order valence-corrected chi connectivity index (χ0v) is 27.9. The number of phenolic OH excluding ortho intramolecular Hbond substituents is 2. The number of carbonyl (C=O) groups excluding carboxylic acids is 4. The lowest BCUT2D eigenvalue weighted by molar-refractivity contribution is -0.127. The summed E-state index contributed by atoms with van der Waals surface area (Å²) >= 11 is 0. The predicted octanol–water partition coefficient (Wildman–Crippen LogP) is 6.54. The summed E-state index contributed by atoms with van der Waals surface area (Å²) in [6.45, 7) is 6.30. The molecule has 0 aliphatic carbocycles. The fraction of sp³-hybridized carbons (Fsp3) is 0.556. The maximum atomic E-state index is 13.2. The molecule has 254 valence electrons. The van der Waals surface area contributed by atoms with E-state index in [1.54, 1.807) is 18.2 Å². The molecule has 1 unspecified atom stereocenters. The van der Waals surface area contributed by atoms with Crippen molar-refractivity contribution in [1.82, 2.24) is 21.7 Å². The van der Waals surface area contributed by atoms with E-state index < -0.39 is 23.6 Å². The zero-order valence-electron chi connectivity index (χ0n) is 27.9. The first-order valence-electron chi connectivity index (χ1n) is 17.0. The van der Waals surface area contributed by atoms with Gasteiger partial charge in [0.1, 0.15) is 11.5 Å². The summed E-state index contributed by atoms with van der Waals surface area (Å²) in [5, 5.41) is 20.7. The second-order valence-corrected chi connectivity index (χ2v) is 11.9. The molecule has 1 atom stereocenters. The Morgan fingerprint density at radius 3 is 1.59 bits per heavy atom. The zero-order chi connectivity index (χ0) is 33.7. The summed E-state index contributed by atoms with van der Waals surface area (Å²) in [4.78, 5) is 51.5. The fourth-order valence-electron chi connectivity index (χ4n) is 5.51. The van der Waals surface area contributed by atoms with E-state index in [1.165, 1.54) is 12.1 Å². The standard InChI is InChI=1S/C36H54N4O6/c1-4-7-10-13-19-28(34(44)38-40-36(46)33-27(18-12-9-6-3)21-15-24-30(33)42)22-16-25-31(43)37-39-35(45)32-26(17-11-8-5-2)20-14-23-29(32)41/h14-15,20-21,23-24,28,41-42H,4-13,16-19,22,25H2,1-3H3,(H,37,43)(H,38,44)(H,39,45)(H,40,46). The number of unbranched alkanes of at least 4 members (excludes halogenated alkanes) is 7. The van der Waals surface area contributed by atoms with E-state index in [2.05, 4.69) is 42.5 Å². The van der Waals surface area contributed by atoms with Crippen molar-refractivity contribution in [3.05, 3.63) is 58.7 Å². The molecule has 6 N–H and O–H groups in total. The van der Waals surface area contributed by atoms with Gasteiger partial charge >= 0.3 is 0 Å². The van der Waals surface area contributed by atoms with Gasteiger partial charge in [0, 0.05) is 12.3 Å². The highest BCUT2D eigenvalue weighted by Crippen LogP contribution is 2.24. The smallest absolute Gasteiger partial charge is 0.273 e. The number of amides is 4. The van der Waals surface area contributed by atoms with Crippen LogP contribution in [0.15, 0.2) is 36.4 Å². The summed E-state index contributed by atoms with van der Waals surface area (Å²) < 4.78 is 0. The number of hydrogen-bond donors (Lipinski definition) is 6. The van der Waals surface area contributed by atoms with E-state index in [4.69, 9.17) is 0 Å². The summed E-state index contributed by atoms with van der Waals surface area (Å²) in [6.07, 6.45) is 12.6. The quantitative estimate of drug-likeness (QED) is 0.0714. The van der Waals surface area contributed by atoms with Crippen molar-refractivity contribution in [3.63, 3.8) is 0 Å². The molecule has 0 heterocycles. The number of benzene rings is 2. The van der Waals surface area contributed by atoms with Crippen LogP contribution < -0.4 is 21.7 Å². The molecule has 0 aliphatic heterocycles. The van der Waals surface area contributed by atoms with Gasteiger partial charge in [0.15, 0.2) is 0 Å². The second kappa shape index (κ2) is 21.6. The van der Waals surface area contributed by atoms with Gasteiger partial charge in [0.25, 0.3) is 11.8 Å². The lowest BCUT2D eigenvalue weighted by Gasteiger charge is -2.18. The molecule has 0 spiro atoms. The SMILES string of the molecule is CCCCCCC(CCCC(=O)NNC(=O)c1c(O)cccc1CCCCC)C(=O)NNC(=O)c1c(O)cccc1CCCCC. The molecule has 0 radical (unpaired) electrons. The van der Waals surface area contributed by atoms with Gasteiger partial charge in [-0.1, -0.05) is 96.4 Å². The van der Waals surface area contributed by atoms with Crippen LogP contribution in [0, 0.1) is 5.92 Å². The van der Waals surface area contributed by atoms with Crippen LogP contribution in [0.25, 0.3) is 0 Å². The van der Waals surface area contributed by atoms with Crippen molar-refractivity contribution >= 4 is 23.6 Å². The first kappa shape index (κ1) is 38.1. The van der Waals surface area contributed by atoms with Crippen molar-refractivity contribution in [1.29, 1.82) is 0 Å². The third kappa shape index (κ3) is 13.1. The number of aromatic hydroxyl groups is 2. The molecule has 4 amide bonds. The topological polar surface area (TPSA) is 157 Å². The monoisotopic (exact) mass is 638 g/mol. The van der Waals surface area contributed by atoms with Crippen LogP contribution >= 0.6 is 0 Å².